The summed E-state index contributed by atoms with van der Waals surface area (Å²) in [6.07, 6.45) is 2.86. The molecular formula is C22H15Br2N3O5. The van der Waals surface area contributed by atoms with Gasteiger partial charge in [0.25, 0.3) is 11.8 Å². The van der Waals surface area contributed by atoms with Crippen LogP contribution in [-0.4, -0.2) is 24.8 Å². The van der Waals surface area contributed by atoms with Crippen LogP contribution in [0.5, 0.6) is 11.5 Å². The van der Waals surface area contributed by atoms with Crippen molar-refractivity contribution >= 4 is 56.0 Å². The number of amides is 2. The average molecular weight is 561 g/mol. The molecule has 0 unspecified atom stereocenters. The van der Waals surface area contributed by atoms with Crippen LogP contribution in [0.3, 0.4) is 0 Å². The summed E-state index contributed by atoms with van der Waals surface area (Å²) in [6, 6.07) is 15.4. The lowest BCUT2D eigenvalue weighted by atomic mass is 10.1. The number of hydrogen-bond donors (Lipinski definition) is 2. The van der Waals surface area contributed by atoms with Crippen LogP contribution in [0.2, 0.25) is 0 Å². The SMILES string of the molecule is O=C(N/N=C/c1cc(Br)c(Br)o1)/C(=C\c1ccc2c(c1)OCO2)NC(=O)c1ccccc1. The van der Waals surface area contributed by atoms with E-state index >= 15 is 0 Å². The molecule has 0 spiro atoms. The van der Waals surface area contributed by atoms with Crippen LogP contribution in [0, 0.1) is 0 Å². The van der Waals surface area contributed by atoms with Crippen molar-refractivity contribution in [1.29, 1.82) is 0 Å². The van der Waals surface area contributed by atoms with Gasteiger partial charge in [-0.1, -0.05) is 24.3 Å². The van der Waals surface area contributed by atoms with Crippen LogP contribution < -0.4 is 20.2 Å². The van der Waals surface area contributed by atoms with Gasteiger partial charge >= 0.3 is 0 Å². The second kappa shape index (κ2) is 9.84. The first kappa shape index (κ1) is 21.8. The van der Waals surface area contributed by atoms with Gasteiger partial charge in [0.05, 0.1) is 10.7 Å². The first-order chi connectivity index (χ1) is 15.5. The predicted molar refractivity (Wildman–Crippen MR) is 124 cm³/mol. The summed E-state index contributed by atoms with van der Waals surface area (Å²) in [7, 11) is 0. The van der Waals surface area contributed by atoms with Gasteiger partial charge in [0, 0.05) is 11.6 Å². The summed E-state index contributed by atoms with van der Waals surface area (Å²) in [5.74, 6) is 0.531. The maximum absolute atomic E-state index is 12.8. The lowest BCUT2D eigenvalue weighted by Gasteiger charge is -2.09. The van der Waals surface area contributed by atoms with Crippen molar-refractivity contribution in [1.82, 2.24) is 10.7 Å². The van der Waals surface area contributed by atoms with Gasteiger partial charge in [-0.25, -0.2) is 5.43 Å². The third-order valence-corrected chi connectivity index (χ3v) is 5.97. The van der Waals surface area contributed by atoms with Crippen LogP contribution in [0.1, 0.15) is 21.7 Å². The zero-order chi connectivity index (χ0) is 22.5. The molecule has 0 bridgehead atoms. The van der Waals surface area contributed by atoms with Gasteiger partial charge < -0.3 is 19.2 Å². The molecular weight excluding hydrogens is 546 g/mol. The Labute approximate surface area is 199 Å². The highest BCUT2D eigenvalue weighted by atomic mass is 79.9. The molecule has 1 aliphatic heterocycles. The minimum Gasteiger partial charge on any atom is -0.454 e. The largest absolute Gasteiger partial charge is 0.454 e. The first-order valence-corrected chi connectivity index (χ1v) is 10.8. The van der Waals surface area contributed by atoms with Crippen molar-refractivity contribution in [3.8, 4) is 11.5 Å². The number of fused-ring (bicyclic) bond motifs is 1. The normalized spacial score (nSPS) is 12.8. The molecule has 3 aromatic rings. The van der Waals surface area contributed by atoms with Gasteiger partial charge in [-0.15, -0.1) is 0 Å². The number of ether oxygens (including phenoxy) is 2. The standard InChI is InChI=1S/C22H15Br2N3O5/c23-16-10-15(32-20(16)24)11-25-27-22(29)17(26-21(28)14-4-2-1-3-5-14)8-13-6-7-18-19(9-13)31-12-30-18/h1-11H,12H2,(H,26,28)(H,27,29)/b17-8+,25-11+. The highest BCUT2D eigenvalue weighted by Crippen LogP contribution is 2.33. The third-order valence-electron chi connectivity index (χ3n) is 4.26. The average Bonchev–Trinajstić information content (AvgIpc) is 3.39. The van der Waals surface area contributed by atoms with E-state index in [0.29, 0.717) is 37.5 Å². The molecule has 0 saturated heterocycles. The molecule has 0 fully saturated rings. The Morgan fingerprint density at radius 1 is 1.00 bits per heavy atom. The molecule has 2 amide bonds. The Bertz CT molecular complexity index is 1200. The molecule has 0 saturated carbocycles. The van der Waals surface area contributed by atoms with Gasteiger partial charge in [0.1, 0.15) is 11.5 Å². The molecule has 2 N–H and O–H groups in total. The number of nitrogens with one attached hydrogen (secondary N) is 2. The molecule has 2 aromatic carbocycles. The summed E-state index contributed by atoms with van der Waals surface area (Å²) in [5, 5.41) is 6.54. The fourth-order valence-electron chi connectivity index (χ4n) is 2.75. The van der Waals surface area contributed by atoms with E-state index in [1.54, 1.807) is 54.6 Å². The fourth-order valence-corrected chi connectivity index (χ4v) is 3.36. The summed E-state index contributed by atoms with van der Waals surface area (Å²) in [5.41, 5.74) is 3.43. The Hall–Kier alpha value is -3.37. The van der Waals surface area contributed by atoms with Gasteiger partial charge in [0.2, 0.25) is 6.79 Å². The molecule has 162 valence electrons. The summed E-state index contributed by atoms with van der Waals surface area (Å²) >= 11 is 6.53. The second-order valence-electron chi connectivity index (χ2n) is 6.46. The topological polar surface area (TPSA) is 102 Å². The number of hydrogen-bond acceptors (Lipinski definition) is 6. The summed E-state index contributed by atoms with van der Waals surface area (Å²) in [6.45, 7) is 0.133. The number of nitrogens with zero attached hydrogens (tertiary/aromatic N) is 1. The number of carbonyl (C=O) groups is 2. The molecule has 1 aromatic heterocycles. The van der Waals surface area contributed by atoms with E-state index in [-0.39, 0.29) is 12.5 Å². The summed E-state index contributed by atoms with van der Waals surface area (Å²) in [4.78, 5) is 25.4. The van der Waals surface area contributed by atoms with E-state index in [2.05, 4.69) is 47.7 Å². The zero-order valence-corrected chi connectivity index (χ0v) is 19.5. The zero-order valence-electron chi connectivity index (χ0n) is 16.3. The van der Waals surface area contributed by atoms with Crippen LogP contribution in [0.15, 0.2) is 79.0 Å². The second-order valence-corrected chi connectivity index (χ2v) is 8.03. The van der Waals surface area contributed by atoms with Gasteiger partial charge in [-0.2, -0.15) is 5.10 Å². The van der Waals surface area contributed by atoms with E-state index < -0.39 is 11.8 Å². The highest BCUT2D eigenvalue weighted by Gasteiger charge is 2.17. The number of rotatable bonds is 6. The van der Waals surface area contributed by atoms with Crippen molar-refractivity contribution in [2.45, 2.75) is 0 Å². The molecule has 8 nitrogen and oxygen atoms in total. The minimum atomic E-state index is -0.618. The molecule has 0 aliphatic carbocycles. The lowest BCUT2D eigenvalue weighted by molar-refractivity contribution is -0.117. The Balaban J connectivity index is 1.56. The van der Waals surface area contributed by atoms with E-state index in [4.69, 9.17) is 13.9 Å². The van der Waals surface area contributed by atoms with Crippen molar-refractivity contribution < 1.29 is 23.5 Å². The Kier molecular flexibility index (Phi) is 6.72. The molecule has 32 heavy (non-hydrogen) atoms. The Morgan fingerprint density at radius 3 is 2.53 bits per heavy atom. The molecule has 1 aliphatic rings. The molecule has 0 atom stereocenters. The maximum Gasteiger partial charge on any atom is 0.287 e. The minimum absolute atomic E-state index is 0.00308. The van der Waals surface area contributed by atoms with Crippen LogP contribution >= 0.6 is 31.9 Å². The molecule has 4 rings (SSSR count). The van der Waals surface area contributed by atoms with E-state index in [1.807, 2.05) is 0 Å². The smallest absolute Gasteiger partial charge is 0.287 e. The predicted octanol–water partition coefficient (Wildman–Crippen LogP) is 4.45. The molecule has 10 heteroatoms. The van der Waals surface area contributed by atoms with E-state index in [0.717, 1.165) is 0 Å². The van der Waals surface area contributed by atoms with E-state index in [9.17, 15) is 9.59 Å². The molecule has 2 heterocycles. The number of furan rings is 1. The lowest BCUT2D eigenvalue weighted by Crippen LogP contribution is -2.32. The monoisotopic (exact) mass is 559 g/mol. The number of benzene rings is 2. The van der Waals surface area contributed by atoms with Crippen molar-refractivity contribution in [3.63, 3.8) is 0 Å². The van der Waals surface area contributed by atoms with Gasteiger partial charge in [0.15, 0.2) is 16.2 Å². The third kappa shape index (κ3) is 5.27. The fraction of sp³-hybridized carbons (Fsp3) is 0.0455. The van der Waals surface area contributed by atoms with E-state index in [1.165, 1.54) is 12.3 Å². The van der Waals surface area contributed by atoms with Crippen molar-refractivity contribution in [2.24, 2.45) is 5.10 Å². The van der Waals surface area contributed by atoms with Crippen LogP contribution in [0.4, 0.5) is 0 Å². The van der Waals surface area contributed by atoms with Gasteiger partial charge in [-0.05, 0) is 67.8 Å². The summed E-state index contributed by atoms with van der Waals surface area (Å²) < 4.78 is 17.3. The highest BCUT2D eigenvalue weighted by molar-refractivity contribution is 9.13. The molecule has 0 radical (unpaired) electrons. The maximum atomic E-state index is 12.8. The van der Waals surface area contributed by atoms with Crippen LogP contribution in [0.25, 0.3) is 6.08 Å². The van der Waals surface area contributed by atoms with Crippen LogP contribution in [-0.2, 0) is 4.79 Å². The van der Waals surface area contributed by atoms with Gasteiger partial charge in [-0.3, -0.25) is 9.59 Å². The van der Waals surface area contributed by atoms with Crippen molar-refractivity contribution in [2.75, 3.05) is 6.79 Å². The quantitative estimate of drug-likeness (QED) is 0.263. The number of hydrazone groups is 1. The first-order valence-electron chi connectivity index (χ1n) is 9.25. The van der Waals surface area contributed by atoms with Crippen molar-refractivity contribution in [3.05, 3.63) is 86.3 Å². The number of halogens is 2. The number of carbonyl (C=O) groups excluding carboxylic acids is 2. The Morgan fingerprint density at radius 2 is 1.78 bits per heavy atom.